The van der Waals surface area contributed by atoms with Crippen LogP contribution in [-0.2, 0) is 4.79 Å². The number of anilines is 3. The third-order valence-electron chi connectivity index (χ3n) is 4.13. The summed E-state index contributed by atoms with van der Waals surface area (Å²) in [5, 5.41) is 13.3. The summed E-state index contributed by atoms with van der Waals surface area (Å²) in [4.78, 5) is 22.1. The van der Waals surface area contributed by atoms with Gasteiger partial charge in [0.15, 0.2) is 0 Å². The number of hydrogen-bond acceptors (Lipinski definition) is 5. The number of hydrogen-bond donors (Lipinski definition) is 2. The van der Waals surface area contributed by atoms with Gasteiger partial charge < -0.3 is 15.3 Å². The fourth-order valence-electron chi connectivity index (χ4n) is 2.88. The molecule has 1 aromatic heterocycles. The zero-order valence-corrected chi connectivity index (χ0v) is 15.2. The second-order valence-corrected chi connectivity index (χ2v) is 6.95. The molecule has 6 nitrogen and oxygen atoms in total. The second-order valence-electron chi connectivity index (χ2n) is 6.07. The zero-order chi connectivity index (χ0) is 18.0. The maximum atomic E-state index is 11.1. The van der Waals surface area contributed by atoms with Gasteiger partial charge in [-0.1, -0.05) is 23.2 Å². The van der Waals surface area contributed by atoms with E-state index >= 15 is 0 Å². The summed E-state index contributed by atoms with van der Waals surface area (Å²) in [6.45, 7) is 3.22. The molecular weight excluding hydrogens is 363 g/mol. The molecule has 1 aliphatic rings. The fraction of sp³-hybridized carbons (Fsp3) is 0.353. The molecule has 1 aliphatic heterocycles. The van der Waals surface area contributed by atoms with Gasteiger partial charge in [0.2, 0.25) is 5.95 Å². The van der Waals surface area contributed by atoms with Gasteiger partial charge in [-0.2, -0.15) is 4.98 Å². The molecule has 3 rings (SSSR count). The van der Waals surface area contributed by atoms with Gasteiger partial charge in [0.05, 0.1) is 5.92 Å². The Labute approximate surface area is 155 Å². The Morgan fingerprint density at radius 1 is 1.16 bits per heavy atom. The third kappa shape index (κ3) is 4.52. The lowest BCUT2D eigenvalue weighted by Gasteiger charge is -2.31. The van der Waals surface area contributed by atoms with Crippen LogP contribution in [-0.4, -0.2) is 34.1 Å². The van der Waals surface area contributed by atoms with Crippen molar-refractivity contribution < 1.29 is 9.90 Å². The molecule has 2 N–H and O–H groups in total. The molecule has 0 amide bonds. The molecule has 0 bridgehead atoms. The highest BCUT2D eigenvalue weighted by Crippen LogP contribution is 2.26. The van der Waals surface area contributed by atoms with Crippen molar-refractivity contribution in [1.82, 2.24) is 9.97 Å². The second kappa shape index (κ2) is 7.45. The smallest absolute Gasteiger partial charge is 0.306 e. The lowest BCUT2D eigenvalue weighted by Crippen LogP contribution is -2.36. The number of nitrogens with one attached hydrogen (secondary N) is 1. The minimum absolute atomic E-state index is 0.273. The minimum Gasteiger partial charge on any atom is -0.481 e. The van der Waals surface area contributed by atoms with E-state index in [1.165, 1.54) is 0 Å². The first-order chi connectivity index (χ1) is 11.9. The van der Waals surface area contributed by atoms with Crippen LogP contribution in [0.5, 0.6) is 0 Å². The highest BCUT2D eigenvalue weighted by atomic mass is 35.5. The van der Waals surface area contributed by atoms with Gasteiger partial charge in [0.25, 0.3) is 0 Å². The van der Waals surface area contributed by atoms with E-state index in [2.05, 4.69) is 20.2 Å². The molecule has 2 heterocycles. The van der Waals surface area contributed by atoms with Crippen molar-refractivity contribution in [2.75, 3.05) is 23.3 Å². The molecule has 0 radical (unpaired) electrons. The molecule has 0 spiro atoms. The number of benzene rings is 1. The zero-order valence-electron chi connectivity index (χ0n) is 13.7. The number of aromatic nitrogens is 2. The molecule has 25 heavy (non-hydrogen) atoms. The van der Waals surface area contributed by atoms with Gasteiger partial charge in [0, 0.05) is 40.6 Å². The molecule has 0 saturated carbocycles. The predicted octanol–water partition coefficient (Wildman–Crippen LogP) is 4.14. The van der Waals surface area contributed by atoms with Gasteiger partial charge >= 0.3 is 5.97 Å². The Bertz CT molecular complexity index is 772. The third-order valence-corrected chi connectivity index (χ3v) is 4.56. The number of carbonyl (C=O) groups is 1. The van der Waals surface area contributed by atoms with Crippen LogP contribution in [0.25, 0.3) is 0 Å². The van der Waals surface area contributed by atoms with Crippen molar-refractivity contribution in [2.24, 2.45) is 5.92 Å². The normalized spacial score (nSPS) is 15.2. The summed E-state index contributed by atoms with van der Waals surface area (Å²) < 4.78 is 0. The van der Waals surface area contributed by atoms with Crippen molar-refractivity contribution in [3.63, 3.8) is 0 Å². The SMILES string of the molecule is Cc1cc(N2CCC(C(=O)O)CC2)nc(Nc2cc(Cl)cc(Cl)c2)n1. The van der Waals surface area contributed by atoms with E-state index in [1.54, 1.807) is 18.2 Å². The van der Waals surface area contributed by atoms with Crippen molar-refractivity contribution in [2.45, 2.75) is 19.8 Å². The van der Waals surface area contributed by atoms with E-state index in [4.69, 9.17) is 28.3 Å². The average Bonchev–Trinajstić information content (AvgIpc) is 2.53. The fourth-order valence-corrected chi connectivity index (χ4v) is 3.41. The summed E-state index contributed by atoms with van der Waals surface area (Å²) in [5.74, 6) is 0.241. The highest BCUT2D eigenvalue weighted by molar-refractivity contribution is 6.35. The number of carboxylic acids is 1. The van der Waals surface area contributed by atoms with E-state index in [9.17, 15) is 4.79 Å². The van der Waals surface area contributed by atoms with Crippen molar-refractivity contribution in [3.05, 3.63) is 40.0 Å². The largest absolute Gasteiger partial charge is 0.481 e. The van der Waals surface area contributed by atoms with Gasteiger partial charge in [-0.25, -0.2) is 4.98 Å². The number of halogens is 2. The maximum absolute atomic E-state index is 11.1. The van der Waals surface area contributed by atoms with Crippen LogP contribution in [0.2, 0.25) is 10.0 Å². The van der Waals surface area contributed by atoms with Crippen molar-refractivity contribution in [3.8, 4) is 0 Å². The lowest BCUT2D eigenvalue weighted by molar-refractivity contribution is -0.142. The van der Waals surface area contributed by atoms with Crippen LogP contribution in [0.3, 0.4) is 0 Å². The first kappa shape index (κ1) is 17.8. The Morgan fingerprint density at radius 3 is 2.40 bits per heavy atom. The molecule has 2 aromatic rings. The molecule has 1 aromatic carbocycles. The Kier molecular flexibility index (Phi) is 5.30. The molecule has 8 heteroatoms. The molecule has 0 unspecified atom stereocenters. The number of aryl methyl sites for hydroxylation is 1. The molecule has 0 atom stereocenters. The quantitative estimate of drug-likeness (QED) is 0.829. The number of nitrogens with zero attached hydrogens (tertiary/aromatic N) is 3. The highest BCUT2D eigenvalue weighted by Gasteiger charge is 2.25. The molecule has 0 aliphatic carbocycles. The molecule has 132 valence electrons. The van der Waals surface area contributed by atoms with E-state index in [-0.39, 0.29) is 5.92 Å². The van der Waals surface area contributed by atoms with Gasteiger partial charge in [-0.3, -0.25) is 4.79 Å². The average molecular weight is 381 g/mol. The van der Waals surface area contributed by atoms with Gasteiger partial charge in [0.1, 0.15) is 5.82 Å². The number of carboxylic acid groups (broad SMARTS) is 1. The number of rotatable bonds is 4. The Hall–Kier alpha value is -2.05. The summed E-state index contributed by atoms with van der Waals surface area (Å²) in [7, 11) is 0. The monoisotopic (exact) mass is 380 g/mol. The van der Waals surface area contributed by atoms with Crippen LogP contribution in [0.15, 0.2) is 24.3 Å². The Morgan fingerprint density at radius 2 is 1.80 bits per heavy atom. The molecule has 1 fully saturated rings. The van der Waals surface area contributed by atoms with E-state index in [0.717, 1.165) is 11.5 Å². The standard InChI is InChI=1S/C17H18Cl2N4O2/c1-10-6-15(23-4-2-11(3-5-23)16(24)25)22-17(20-10)21-14-8-12(18)7-13(19)9-14/h6-9,11H,2-5H2,1H3,(H,24,25)(H,20,21,22). The summed E-state index contributed by atoms with van der Waals surface area (Å²) in [6, 6.07) is 7.05. The van der Waals surface area contributed by atoms with Crippen molar-refractivity contribution in [1.29, 1.82) is 0 Å². The van der Waals surface area contributed by atoms with Crippen LogP contribution in [0, 0.1) is 12.8 Å². The first-order valence-electron chi connectivity index (χ1n) is 7.97. The lowest BCUT2D eigenvalue weighted by atomic mass is 9.97. The minimum atomic E-state index is -0.723. The molecular formula is C17H18Cl2N4O2. The van der Waals surface area contributed by atoms with E-state index < -0.39 is 5.97 Å². The molecule has 1 saturated heterocycles. The van der Waals surface area contributed by atoms with Crippen LogP contribution < -0.4 is 10.2 Å². The van der Waals surface area contributed by atoms with Crippen LogP contribution >= 0.6 is 23.2 Å². The van der Waals surface area contributed by atoms with E-state index in [0.29, 0.717) is 47.6 Å². The topological polar surface area (TPSA) is 78.4 Å². The number of aliphatic carboxylic acids is 1. The van der Waals surface area contributed by atoms with E-state index in [1.807, 2.05) is 13.0 Å². The predicted molar refractivity (Wildman–Crippen MR) is 99.1 cm³/mol. The summed E-state index contributed by atoms with van der Waals surface area (Å²) in [6.07, 6.45) is 1.23. The van der Waals surface area contributed by atoms with Crippen LogP contribution in [0.4, 0.5) is 17.5 Å². The van der Waals surface area contributed by atoms with Crippen LogP contribution in [0.1, 0.15) is 18.5 Å². The van der Waals surface area contributed by atoms with Gasteiger partial charge in [-0.15, -0.1) is 0 Å². The maximum Gasteiger partial charge on any atom is 0.306 e. The van der Waals surface area contributed by atoms with Crippen molar-refractivity contribution >= 4 is 46.6 Å². The number of piperidine rings is 1. The Balaban J connectivity index is 1.78. The summed E-state index contributed by atoms with van der Waals surface area (Å²) >= 11 is 12.0. The van der Waals surface area contributed by atoms with Gasteiger partial charge in [-0.05, 0) is 38.0 Å². The first-order valence-corrected chi connectivity index (χ1v) is 8.73. The summed E-state index contributed by atoms with van der Waals surface area (Å²) in [5.41, 5.74) is 1.53.